The highest BCUT2D eigenvalue weighted by atomic mass is 16.5. The molecule has 0 aromatic rings. The van der Waals surface area contributed by atoms with E-state index in [2.05, 4.69) is 43.5 Å². The van der Waals surface area contributed by atoms with Crippen LogP contribution in [-0.2, 0) is 14.3 Å². The molecule has 6 heteroatoms. The number of unbranched alkanes of at least 4 members (excludes halogenated alkanes) is 50. The van der Waals surface area contributed by atoms with Gasteiger partial charge in [0.15, 0.2) is 0 Å². The van der Waals surface area contributed by atoms with Gasteiger partial charge >= 0.3 is 5.97 Å². The van der Waals surface area contributed by atoms with Crippen molar-refractivity contribution in [2.75, 3.05) is 13.2 Å². The van der Waals surface area contributed by atoms with E-state index in [0.29, 0.717) is 19.4 Å². The number of esters is 1. The fourth-order valence-corrected chi connectivity index (χ4v) is 10.8. The Morgan fingerprint density at radius 1 is 0.364 bits per heavy atom. The lowest BCUT2D eigenvalue weighted by atomic mass is 10.0. The number of nitrogens with one attached hydrogen (secondary N) is 1. The van der Waals surface area contributed by atoms with Crippen molar-refractivity contribution in [1.29, 1.82) is 0 Å². The van der Waals surface area contributed by atoms with Gasteiger partial charge in [0, 0.05) is 12.8 Å². The van der Waals surface area contributed by atoms with E-state index >= 15 is 0 Å². The fourth-order valence-electron chi connectivity index (χ4n) is 10.8. The van der Waals surface area contributed by atoms with Gasteiger partial charge in [-0.1, -0.05) is 339 Å². The van der Waals surface area contributed by atoms with Gasteiger partial charge < -0.3 is 20.3 Å². The zero-order valence-corrected chi connectivity index (χ0v) is 52.0. The second-order valence-corrected chi connectivity index (χ2v) is 23.9. The van der Waals surface area contributed by atoms with Crippen molar-refractivity contribution >= 4 is 11.9 Å². The second kappa shape index (κ2) is 66.6. The summed E-state index contributed by atoms with van der Waals surface area (Å²) in [6.45, 7) is 4.91. The lowest BCUT2D eigenvalue weighted by Gasteiger charge is -2.20. The summed E-state index contributed by atoms with van der Waals surface area (Å²) < 4.78 is 5.50. The number of hydrogen-bond acceptors (Lipinski definition) is 5. The molecule has 0 radical (unpaired) electrons. The summed E-state index contributed by atoms with van der Waals surface area (Å²) in [5, 5.41) is 23.2. The number of aliphatic hydroxyl groups is 2. The minimum Gasteiger partial charge on any atom is -0.466 e. The number of ether oxygens (including phenoxy) is 1. The number of amides is 1. The van der Waals surface area contributed by atoms with Crippen molar-refractivity contribution in [3.8, 4) is 0 Å². The van der Waals surface area contributed by atoms with Crippen molar-refractivity contribution in [2.24, 2.45) is 0 Å². The quantitative estimate of drug-likeness (QED) is 0.0320. The maximum Gasteiger partial charge on any atom is 0.305 e. The molecule has 0 aromatic heterocycles. The Hall–Kier alpha value is -1.92. The van der Waals surface area contributed by atoms with E-state index in [9.17, 15) is 19.8 Å². The van der Waals surface area contributed by atoms with Crippen molar-refractivity contribution in [3.05, 3.63) is 36.5 Å². The van der Waals surface area contributed by atoms with E-state index in [4.69, 9.17) is 4.74 Å². The number of allylic oxidation sites excluding steroid dienone is 5. The van der Waals surface area contributed by atoms with Crippen molar-refractivity contribution < 1.29 is 24.5 Å². The predicted octanol–water partition coefficient (Wildman–Crippen LogP) is 22.3. The van der Waals surface area contributed by atoms with Crippen LogP contribution in [0.1, 0.15) is 380 Å². The Morgan fingerprint density at radius 2 is 0.649 bits per heavy atom. The molecule has 0 aliphatic carbocycles. The second-order valence-electron chi connectivity index (χ2n) is 23.9. The monoisotopic (exact) mass is 1080 g/mol. The lowest BCUT2D eigenvalue weighted by Crippen LogP contribution is -2.45. The molecular formula is C71H135NO5. The zero-order valence-electron chi connectivity index (χ0n) is 52.0. The highest BCUT2D eigenvalue weighted by Gasteiger charge is 2.18. The van der Waals surface area contributed by atoms with Crippen LogP contribution in [0.4, 0.5) is 0 Å². The van der Waals surface area contributed by atoms with E-state index in [-0.39, 0.29) is 18.5 Å². The molecule has 0 aromatic carbocycles. The summed E-state index contributed by atoms with van der Waals surface area (Å²) in [6.07, 6.45) is 84.9. The SMILES string of the molecule is CCCCC/C=C\C/C=C\CCCCCCCCCC(=O)OCCCCCCCCCCCCCCCCCCCCCCCCC(=O)NC(CO)C(O)/C=C/CCCCCCCCCCCCCCCCCCCCC. The summed E-state index contributed by atoms with van der Waals surface area (Å²) >= 11 is 0. The van der Waals surface area contributed by atoms with E-state index < -0.39 is 12.1 Å². The van der Waals surface area contributed by atoms with Gasteiger partial charge in [-0.25, -0.2) is 0 Å². The zero-order chi connectivity index (χ0) is 55.7. The third kappa shape index (κ3) is 63.1. The molecule has 0 spiro atoms. The molecular weight excluding hydrogens is 947 g/mol. The predicted molar refractivity (Wildman–Crippen MR) is 338 cm³/mol. The molecule has 2 atom stereocenters. The molecule has 0 saturated heterocycles. The average molecular weight is 1080 g/mol. The van der Waals surface area contributed by atoms with Gasteiger partial charge in [-0.15, -0.1) is 0 Å². The first-order valence-corrected chi connectivity index (χ1v) is 34.8. The van der Waals surface area contributed by atoms with Crippen LogP contribution in [0.2, 0.25) is 0 Å². The van der Waals surface area contributed by atoms with Crippen LogP contribution in [0.5, 0.6) is 0 Å². The van der Waals surface area contributed by atoms with Gasteiger partial charge in [0.1, 0.15) is 0 Å². The van der Waals surface area contributed by atoms with Crippen molar-refractivity contribution in [3.63, 3.8) is 0 Å². The van der Waals surface area contributed by atoms with E-state index in [0.717, 1.165) is 51.4 Å². The molecule has 3 N–H and O–H groups in total. The molecule has 0 bridgehead atoms. The Kier molecular flexibility index (Phi) is 64.9. The fraction of sp³-hybridized carbons (Fsp3) is 0.887. The number of hydrogen-bond donors (Lipinski definition) is 3. The largest absolute Gasteiger partial charge is 0.466 e. The lowest BCUT2D eigenvalue weighted by molar-refractivity contribution is -0.143. The van der Waals surface area contributed by atoms with Gasteiger partial charge in [-0.05, 0) is 64.2 Å². The minimum absolute atomic E-state index is 0.00550. The molecule has 0 rings (SSSR count). The maximum atomic E-state index is 12.5. The normalized spacial score (nSPS) is 12.7. The minimum atomic E-state index is -0.846. The molecule has 77 heavy (non-hydrogen) atoms. The first-order chi connectivity index (χ1) is 38.0. The van der Waals surface area contributed by atoms with Crippen LogP contribution in [0.25, 0.3) is 0 Å². The van der Waals surface area contributed by atoms with Crippen LogP contribution < -0.4 is 5.32 Å². The van der Waals surface area contributed by atoms with E-state index in [1.165, 1.54) is 302 Å². The Balaban J connectivity index is 3.41. The molecule has 0 aliphatic heterocycles. The summed E-state index contributed by atoms with van der Waals surface area (Å²) in [5.41, 5.74) is 0. The number of carbonyl (C=O) groups is 2. The average Bonchev–Trinajstić information content (AvgIpc) is 3.43. The Bertz CT molecular complexity index is 1250. The number of aliphatic hydroxyl groups excluding tert-OH is 2. The summed E-state index contributed by atoms with van der Waals surface area (Å²) in [6, 6.07) is -0.629. The smallest absolute Gasteiger partial charge is 0.305 e. The molecule has 454 valence electrons. The molecule has 0 saturated carbocycles. The summed E-state index contributed by atoms with van der Waals surface area (Å²) in [4.78, 5) is 24.6. The number of rotatable bonds is 65. The van der Waals surface area contributed by atoms with Crippen LogP contribution in [-0.4, -0.2) is 47.4 Å². The molecule has 2 unspecified atom stereocenters. The van der Waals surface area contributed by atoms with E-state index in [1.54, 1.807) is 6.08 Å². The number of carbonyl (C=O) groups excluding carboxylic acids is 2. The van der Waals surface area contributed by atoms with Crippen LogP contribution in [0.3, 0.4) is 0 Å². The first kappa shape index (κ1) is 75.1. The summed E-state index contributed by atoms with van der Waals surface area (Å²) in [7, 11) is 0. The molecule has 1 amide bonds. The van der Waals surface area contributed by atoms with Crippen molar-refractivity contribution in [2.45, 2.75) is 392 Å². The standard InChI is InChI=1S/C71H135NO5/c1-3-5-7-9-11-13-15-17-19-21-22-25-28-32-35-39-43-47-51-55-59-63-69(74)68(67-73)72-70(75)64-60-56-52-48-44-40-36-33-29-26-23-24-27-30-34-38-42-46-50-54-58-62-66-77-71(76)65-61-57-53-49-45-41-37-31-20-18-16-14-12-10-8-6-4-2/h12,14,18,20,59,63,68-69,73-74H,3-11,13,15-17,19,21-58,60-62,64-67H2,1-2H3,(H,72,75)/b14-12-,20-18-,63-59+. The third-order valence-corrected chi connectivity index (χ3v) is 16.2. The molecule has 0 aliphatic rings. The maximum absolute atomic E-state index is 12.5. The molecule has 0 fully saturated rings. The topological polar surface area (TPSA) is 95.9 Å². The van der Waals surface area contributed by atoms with Gasteiger partial charge in [-0.3, -0.25) is 9.59 Å². The third-order valence-electron chi connectivity index (χ3n) is 16.2. The van der Waals surface area contributed by atoms with Gasteiger partial charge in [0.2, 0.25) is 5.91 Å². The van der Waals surface area contributed by atoms with Crippen LogP contribution in [0.15, 0.2) is 36.5 Å². The van der Waals surface area contributed by atoms with Gasteiger partial charge in [-0.2, -0.15) is 0 Å². The van der Waals surface area contributed by atoms with Crippen LogP contribution in [0, 0.1) is 0 Å². The molecule has 0 heterocycles. The summed E-state index contributed by atoms with van der Waals surface area (Å²) in [5.74, 6) is -0.0593. The molecule has 6 nitrogen and oxygen atoms in total. The van der Waals surface area contributed by atoms with Gasteiger partial charge in [0.25, 0.3) is 0 Å². The Labute approximate surface area is 481 Å². The van der Waals surface area contributed by atoms with Crippen molar-refractivity contribution in [1.82, 2.24) is 5.32 Å². The highest BCUT2D eigenvalue weighted by Crippen LogP contribution is 2.18. The Morgan fingerprint density at radius 3 is 1.01 bits per heavy atom. The first-order valence-electron chi connectivity index (χ1n) is 34.8. The highest BCUT2D eigenvalue weighted by molar-refractivity contribution is 5.76. The van der Waals surface area contributed by atoms with E-state index in [1.807, 2.05) is 6.08 Å². The van der Waals surface area contributed by atoms with Crippen LogP contribution >= 0.6 is 0 Å². The van der Waals surface area contributed by atoms with Gasteiger partial charge in [0.05, 0.1) is 25.4 Å².